The number of methoxy groups -OCH3 is 1. The van der Waals surface area contributed by atoms with Crippen LogP contribution in [0, 0.1) is 11.8 Å². The largest absolute Gasteiger partial charge is 0.468 e. The second-order valence-electron chi connectivity index (χ2n) is 8.41. The van der Waals surface area contributed by atoms with Crippen molar-refractivity contribution < 1.29 is 14.6 Å². The fraction of sp³-hybridized carbons (Fsp3) is 0.500. The Morgan fingerprint density at radius 3 is 2.96 bits per heavy atom. The van der Waals surface area contributed by atoms with Gasteiger partial charge in [-0.05, 0) is 37.8 Å². The number of carbonyl (C=O) groups is 1. The molecule has 0 amide bonds. The Morgan fingerprint density at radius 1 is 1.44 bits per heavy atom. The summed E-state index contributed by atoms with van der Waals surface area (Å²) in [6.07, 6.45) is 1.95. The highest BCUT2D eigenvalue weighted by Crippen LogP contribution is 2.58. The monoisotopic (exact) mass is 366 g/mol. The Morgan fingerprint density at radius 2 is 2.22 bits per heavy atom. The van der Waals surface area contributed by atoms with Crippen molar-refractivity contribution in [2.75, 3.05) is 13.7 Å². The van der Waals surface area contributed by atoms with Gasteiger partial charge in [-0.3, -0.25) is 4.79 Å². The molecule has 4 aliphatic rings. The molecule has 5 atom stereocenters. The second-order valence-corrected chi connectivity index (χ2v) is 8.41. The van der Waals surface area contributed by atoms with Crippen molar-refractivity contribution in [3.8, 4) is 0 Å². The van der Waals surface area contributed by atoms with E-state index in [0.717, 1.165) is 36.3 Å². The van der Waals surface area contributed by atoms with E-state index in [2.05, 4.69) is 28.6 Å². The third kappa shape index (κ3) is 2.01. The average Bonchev–Trinajstić information content (AvgIpc) is 3.00. The first kappa shape index (κ1) is 16.9. The van der Waals surface area contributed by atoms with E-state index in [4.69, 9.17) is 4.74 Å². The summed E-state index contributed by atoms with van der Waals surface area (Å²) in [6, 6.07) is 8.13. The van der Waals surface area contributed by atoms with Gasteiger partial charge < -0.3 is 19.7 Å². The van der Waals surface area contributed by atoms with Gasteiger partial charge in [-0.25, -0.2) is 0 Å². The van der Waals surface area contributed by atoms with E-state index in [1.165, 1.54) is 18.1 Å². The number of fused-ring (bicyclic) bond motifs is 4. The van der Waals surface area contributed by atoms with Crippen molar-refractivity contribution in [2.24, 2.45) is 11.8 Å². The summed E-state index contributed by atoms with van der Waals surface area (Å²) in [5.74, 6) is 0.00632. The number of H-pyrrole nitrogens is 1. The number of nitrogens with zero attached hydrogens (tertiary/aromatic N) is 1. The second kappa shape index (κ2) is 5.61. The van der Waals surface area contributed by atoms with E-state index in [-0.39, 0.29) is 23.8 Å². The van der Waals surface area contributed by atoms with E-state index in [1.54, 1.807) is 0 Å². The molecule has 3 aliphatic heterocycles. The first-order chi connectivity index (χ1) is 13.0. The zero-order valence-electron chi connectivity index (χ0n) is 15.9. The van der Waals surface area contributed by atoms with Gasteiger partial charge in [-0.1, -0.05) is 24.8 Å². The van der Waals surface area contributed by atoms with Crippen LogP contribution in [0.1, 0.15) is 31.0 Å². The summed E-state index contributed by atoms with van der Waals surface area (Å²) >= 11 is 0. The van der Waals surface area contributed by atoms with E-state index < -0.39 is 11.5 Å². The van der Waals surface area contributed by atoms with Crippen LogP contribution in [0.4, 0.5) is 0 Å². The summed E-state index contributed by atoms with van der Waals surface area (Å²) < 4.78 is 5.39. The van der Waals surface area contributed by atoms with Crippen LogP contribution in [0.15, 0.2) is 36.5 Å². The number of hydrogen-bond acceptors (Lipinski definition) is 4. The van der Waals surface area contributed by atoms with E-state index >= 15 is 0 Å². The predicted molar refractivity (Wildman–Crippen MR) is 103 cm³/mol. The number of benzene rings is 1. The van der Waals surface area contributed by atoms with Crippen molar-refractivity contribution in [2.45, 2.75) is 43.7 Å². The maximum absolute atomic E-state index is 13.4. The molecule has 0 spiro atoms. The SMILES string of the molecule is C=C1C2CC(C(C)O)C3N1CCc1c([nH]c4ccccc14)C3(C(=O)OC)C2. The van der Waals surface area contributed by atoms with Gasteiger partial charge in [0.15, 0.2) is 0 Å². The lowest BCUT2D eigenvalue weighted by Gasteiger charge is -2.60. The van der Waals surface area contributed by atoms with E-state index in [0.29, 0.717) is 6.42 Å². The van der Waals surface area contributed by atoms with Crippen LogP contribution in [0.3, 0.4) is 0 Å². The molecular weight excluding hydrogens is 340 g/mol. The summed E-state index contributed by atoms with van der Waals surface area (Å²) in [6.45, 7) is 7.02. The minimum atomic E-state index is -0.786. The number of nitrogens with one attached hydrogen (secondary N) is 1. The van der Waals surface area contributed by atoms with Crippen LogP contribution in [0.25, 0.3) is 10.9 Å². The number of piperidine rings is 2. The van der Waals surface area contributed by atoms with E-state index in [9.17, 15) is 9.90 Å². The standard InChI is InChI=1S/C22H26N2O3/c1-12-14-10-17(13(2)25)20-22(11-14,21(26)27-3)19-16(8-9-24(12)20)15-6-4-5-7-18(15)23-19/h4-7,13-14,17,20,23,25H,1,8-11H2,2-3H3. The van der Waals surface area contributed by atoms with Crippen LogP contribution in [0.5, 0.6) is 0 Å². The molecule has 2 saturated heterocycles. The molecular formula is C22H26N2O3. The lowest BCUT2D eigenvalue weighted by molar-refractivity contribution is -0.161. The quantitative estimate of drug-likeness (QED) is 0.802. The molecule has 6 rings (SSSR count). The van der Waals surface area contributed by atoms with Crippen molar-refractivity contribution in [1.29, 1.82) is 0 Å². The van der Waals surface area contributed by atoms with E-state index in [1.807, 2.05) is 19.1 Å². The highest BCUT2D eigenvalue weighted by atomic mass is 16.5. The van der Waals surface area contributed by atoms with Crippen molar-refractivity contribution in [3.63, 3.8) is 0 Å². The smallest absolute Gasteiger partial charge is 0.319 e. The number of esters is 1. The molecule has 1 saturated carbocycles. The molecule has 0 radical (unpaired) electrons. The van der Waals surface area contributed by atoms with Crippen molar-refractivity contribution in [1.82, 2.24) is 9.88 Å². The topological polar surface area (TPSA) is 65.6 Å². The summed E-state index contributed by atoms with van der Waals surface area (Å²) in [4.78, 5) is 19.3. The highest BCUT2D eigenvalue weighted by molar-refractivity contribution is 5.92. The fourth-order valence-corrected chi connectivity index (χ4v) is 6.13. The lowest BCUT2D eigenvalue weighted by Crippen LogP contribution is -2.67. The summed E-state index contributed by atoms with van der Waals surface area (Å²) in [5.41, 5.74) is 3.60. The molecule has 1 aromatic carbocycles. The Labute approximate surface area is 159 Å². The molecule has 5 unspecified atom stereocenters. The molecule has 5 nitrogen and oxygen atoms in total. The zero-order valence-corrected chi connectivity index (χ0v) is 15.9. The number of aromatic nitrogens is 1. The molecule has 27 heavy (non-hydrogen) atoms. The number of aliphatic hydroxyl groups is 1. The van der Waals surface area contributed by atoms with Gasteiger partial charge in [-0.15, -0.1) is 0 Å². The van der Waals surface area contributed by atoms with Gasteiger partial charge in [0.25, 0.3) is 0 Å². The number of aliphatic hydroxyl groups excluding tert-OH is 1. The molecule has 5 heteroatoms. The highest BCUT2D eigenvalue weighted by Gasteiger charge is 2.64. The Bertz CT molecular complexity index is 946. The third-order valence-electron chi connectivity index (χ3n) is 7.24. The zero-order chi connectivity index (χ0) is 18.9. The number of rotatable bonds is 2. The van der Waals surface area contributed by atoms with Crippen LogP contribution < -0.4 is 0 Å². The molecule has 142 valence electrons. The van der Waals surface area contributed by atoms with Gasteiger partial charge in [0.2, 0.25) is 0 Å². The lowest BCUT2D eigenvalue weighted by atomic mass is 9.55. The molecule has 2 N–H and O–H groups in total. The third-order valence-corrected chi connectivity index (χ3v) is 7.24. The van der Waals surface area contributed by atoms with Crippen LogP contribution in [-0.4, -0.2) is 46.8 Å². The average molecular weight is 366 g/mol. The molecule has 2 aromatic rings. The van der Waals surface area contributed by atoms with Crippen molar-refractivity contribution >= 4 is 16.9 Å². The van der Waals surface area contributed by atoms with Crippen LogP contribution >= 0.6 is 0 Å². The molecule has 1 aromatic heterocycles. The molecule has 4 bridgehead atoms. The Kier molecular flexibility index (Phi) is 3.51. The maximum Gasteiger partial charge on any atom is 0.319 e. The predicted octanol–water partition coefficient (Wildman–Crippen LogP) is 2.74. The number of ether oxygens (including phenoxy) is 1. The minimum absolute atomic E-state index is 0.0192. The first-order valence-corrected chi connectivity index (χ1v) is 9.81. The van der Waals surface area contributed by atoms with Gasteiger partial charge in [0.1, 0.15) is 5.41 Å². The van der Waals surface area contributed by atoms with Crippen LogP contribution in [0.2, 0.25) is 0 Å². The normalized spacial score (nSPS) is 32.9. The summed E-state index contributed by atoms with van der Waals surface area (Å²) in [7, 11) is 1.48. The minimum Gasteiger partial charge on any atom is -0.468 e. The van der Waals surface area contributed by atoms with Crippen LogP contribution in [-0.2, 0) is 21.4 Å². The Hall–Kier alpha value is -2.27. The number of allylic oxidation sites excluding steroid dienone is 1. The first-order valence-electron chi connectivity index (χ1n) is 9.81. The molecule has 3 fully saturated rings. The van der Waals surface area contributed by atoms with Gasteiger partial charge >= 0.3 is 5.97 Å². The number of para-hydroxylation sites is 1. The van der Waals surface area contributed by atoms with Gasteiger partial charge in [0.05, 0.1) is 19.3 Å². The van der Waals surface area contributed by atoms with Crippen molar-refractivity contribution in [3.05, 3.63) is 47.8 Å². The summed E-state index contributed by atoms with van der Waals surface area (Å²) in [5, 5.41) is 11.8. The number of hydrogen-bond donors (Lipinski definition) is 2. The molecule has 4 heterocycles. The number of carbonyl (C=O) groups excluding carboxylic acids is 1. The number of aromatic amines is 1. The maximum atomic E-state index is 13.4. The Balaban J connectivity index is 1.82. The fourth-order valence-electron chi connectivity index (χ4n) is 6.13. The van der Waals surface area contributed by atoms with Gasteiger partial charge in [0, 0.05) is 40.7 Å². The van der Waals surface area contributed by atoms with Gasteiger partial charge in [-0.2, -0.15) is 0 Å². The molecule has 1 aliphatic carbocycles.